The van der Waals surface area contributed by atoms with Gasteiger partial charge in [0.2, 0.25) is 0 Å². The van der Waals surface area contributed by atoms with Gasteiger partial charge in [0, 0.05) is 5.54 Å². The number of alkyl halides is 6. The van der Waals surface area contributed by atoms with Crippen molar-refractivity contribution in [2.24, 2.45) is 5.41 Å². The maximum Gasteiger partial charge on any atom is 0.416 e. The molecule has 2 aromatic rings. The summed E-state index contributed by atoms with van der Waals surface area (Å²) in [6.45, 7) is 1.53. The van der Waals surface area contributed by atoms with E-state index in [-0.39, 0.29) is 23.5 Å². The highest BCUT2D eigenvalue weighted by Crippen LogP contribution is 2.73. The van der Waals surface area contributed by atoms with Crippen molar-refractivity contribution < 1.29 is 39.6 Å². The van der Waals surface area contributed by atoms with Crippen molar-refractivity contribution >= 4 is 33.0 Å². The molecule has 2 N–H and O–H groups in total. The molecule has 1 aromatic carbocycles. The number of anilines is 1. The quantitative estimate of drug-likeness (QED) is 0.594. The molecule has 0 radical (unpaired) electrons. The van der Waals surface area contributed by atoms with Crippen LogP contribution in [0.25, 0.3) is 0 Å². The van der Waals surface area contributed by atoms with E-state index in [1.165, 1.54) is 6.92 Å². The summed E-state index contributed by atoms with van der Waals surface area (Å²) < 4.78 is 105. The van der Waals surface area contributed by atoms with Crippen LogP contribution in [-0.2, 0) is 16.2 Å². The number of sulfonamides is 1. The molecule has 1 heterocycles. The molecule has 0 saturated heterocycles. The van der Waals surface area contributed by atoms with Gasteiger partial charge in [-0.2, -0.15) is 26.3 Å². The number of benzene rings is 1. The SMILES string of the molecule is Cc1ncc(S(=O)(=O)Nc2cc(C(F)(F)F)ccc2C(=O)NC23CC(C(F)(F)F)(C2)C3)s1. The van der Waals surface area contributed by atoms with Gasteiger partial charge in [-0.15, -0.1) is 11.3 Å². The molecule has 32 heavy (non-hydrogen) atoms. The van der Waals surface area contributed by atoms with Gasteiger partial charge in [0.25, 0.3) is 15.9 Å². The third-order valence-electron chi connectivity index (χ3n) is 5.71. The zero-order valence-corrected chi connectivity index (χ0v) is 17.8. The molecule has 0 spiro atoms. The monoisotopic (exact) mass is 499 g/mol. The largest absolute Gasteiger partial charge is 0.416 e. The number of amides is 1. The van der Waals surface area contributed by atoms with Crippen molar-refractivity contribution in [1.29, 1.82) is 0 Å². The van der Waals surface area contributed by atoms with Crippen molar-refractivity contribution in [1.82, 2.24) is 10.3 Å². The standard InChI is InChI=1S/C18H15F6N3O3S2/c1-9-25-5-13(31-9)32(29,30)27-12-4-10(17(19,20)21)2-3-11(12)14(28)26-16-6-15(7-16,8-16)18(22,23)24/h2-5,27H,6-8H2,1H3,(H,26,28). The van der Waals surface area contributed by atoms with Gasteiger partial charge in [-0.3, -0.25) is 9.52 Å². The lowest BCUT2D eigenvalue weighted by atomic mass is 9.39. The Hall–Kier alpha value is -2.35. The lowest BCUT2D eigenvalue weighted by Gasteiger charge is -2.70. The van der Waals surface area contributed by atoms with Crippen molar-refractivity contribution in [3.63, 3.8) is 0 Å². The van der Waals surface area contributed by atoms with Crippen LogP contribution in [0.3, 0.4) is 0 Å². The van der Waals surface area contributed by atoms with E-state index >= 15 is 0 Å². The van der Waals surface area contributed by atoms with Gasteiger partial charge in [0.1, 0.15) is 0 Å². The number of rotatable bonds is 5. The van der Waals surface area contributed by atoms with Gasteiger partial charge < -0.3 is 5.32 Å². The van der Waals surface area contributed by atoms with Gasteiger partial charge in [0.05, 0.1) is 33.4 Å². The second-order valence-corrected chi connectivity index (χ2v) is 11.2. The fourth-order valence-corrected chi connectivity index (χ4v) is 6.37. The molecule has 0 unspecified atom stereocenters. The Balaban J connectivity index is 1.62. The number of thiazole rings is 1. The Bertz CT molecular complexity index is 1180. The van der Waals surface area contributed by atoms with Crippen LogP contribution in [0.1, 0.15) is 40.2 Å². The fraction of sp³-hybridized carbons (Fsp3) is 0.444. The van der Waals surface area contributed by atoms with Crippen LogP contribution in [0.5, 0.6) is 0 Å². The van der Waals surface area contributed by atoms with Crippen LogP contribution in [0.2, 0.25) is 0 Å². The number of hydrogen-bond acceptors (Lipinski definition) is 5. The average Bonchev–Trinajstić information content (AvgIpc) is 3.01. The van der Waals surface area contributed by atoms with Crippen LogP contribution in [0.15, 0.2) is 28.6 Å². The molecule has 174 valence electrons. The molecule has 0 aliphatic heterocycles. The van der Waals surface area contributed by atoms with Crippen molar-refractivity contribution in [2.75, 3.05) is 4.72 Å². The van der Waals surface area contributed by atoms with E-state index in [2.05, 4.69) is 10.3 Å². The molecule has 3 saturated carbocycles. The molecule has 14 heteroatoms. The van der Waals surface area contributed by atoms with Gasteiger partial charge in [0.15, 0.2) is 4.21 Å². The lowest BCUT2D eigenvalue weighted by molar-refractivity contribution is -0.336. The Labute approximate surface area is 182 Å². The summed E-state index contributed by atoms with van der Waals surface area (Å²) in [6.07, 6.45) is -9.16. The van der Waals surface area contributed by atoms with E-state index in [9.17, 15) is 39.6 Å². The van der Waals surface area contributed by atoms with Crippen LogP contribution < -0.4 is 10.0 Å². The number of carbonyl (C=O) groups is 1. The van der Waals surface area contributed by atoms with E-state index in [4.69, 9.17) is 0 Å². The maximum atomic E-state index is 13.2. The van der Waals surface area contributed by atoms with E-state index in [1.54, 1.807) is 0 Å². The van der Waals surface area contributed by atoms with Gasteiger partial charge in [-0.25, -0.2) is 13.4 Å². The first-order valence-electron chi connectivity index (χ1n) is 9.12. The van der Waals surface area contributed by atoms with Gasteiger partial charge >= 0.3 is 12.4 Å². The Morgan fingerprint density at radius 3 is 2.25 bits per heavy atom. The number of halogens is 6. The minimum Gasteiger partial charge on any atom is -0.346 e. The maximum absolute atomic E-state index is 13.2. The predicted molar refractivity (Wildman–Crippen MR) is 102 cm³/mol. The fourth-order valence-electron chi connectivity index (χ4n) is 4.19. The molecule has 2 bridgehead atoms. The Morgan fingerprint density at radius 2 is 1.75 bits per heavy atom. The van der Waals surface area contributed by atoms with E-state index in [0.717, 1.165) is 23.6 Å². The smallest absolute Gasteiger partial charge is 0.346 e. The summed E-state index contributed by atoms with van der Waals surface area (Å²) in [5, 5.41) is 2.83. The predicted octanol–water partition coefficient (Wildman–Crippen LogP) is 4.49. The Kier molecular flexibility index (Phi) is 4.87. The van der Waals surface area contributed by atoms with Gasteiger partial charge in [-0.05, 0) is 44.4 Å². The second kappa shape index (κ2) is 6.83. The molecular formula is C18H15F6N3O3S2. The minimum atomic E-state index is -4.82. The van der Waals surface area contributed by atoms with Crippen LogP contribution in [0.4, 0.5) is 32.0 Å². The van der Waals surface area contributed by atoms with Crippen LogP contribution in [0, 0.1) is 12.3 Å². The molecule has 1 aromatic heterocycles. The molecule has 3 fully saturated rings. The summed E-state index contributed by atoms with van der Waals surface area (Å²) in [5.41, 5.74) is -5.21. The second-order valence-electron chi connectivity index (χ2n) is 8.10. The van der Waals surface area contributed by atoms with Crippen LogP contribution in [-0.4, -0.2) is 31.0 Å². The first-order valence-corrected chi connectivity index (χ1v) is 11.4. The minimum absolute atomic E-state index is 0.273. The number of nitrogens with one attached hydrogen (secondary N) is 2. The van der Waals surface area contributed by atoms with Crippen molar-refractivity contribution in [3.05, 3.63) is 40.5 Å². The van der Waals surface area contributed by atoms with Gasteiger partial charge in [-0.1, -0.05) is 0 Å². The zero-order valence-electron chi connectivity index (χ0n) is 16.2. The van der Waals surface area contributed by atoms with E-state index < -0.39 is 56.1 Å². The first kappa shape index (κ1) is 22.8. The summed E-state index contributed by atoms with van der Waals surface area (Å²) in [4.78, 5) is 16.5. The zero-order chi connectivity index (χ0) is 23.7. The van der Waals surface area contributed by atoms with E-state index in [1.807, 2.05) is 4.72 Å². The molecular weight excluding hydrogens is 484 g/mol. The number of carbonyl (C=O) groups excluding carboxylic acids is 1. The van der Waals surface area contributed by atoms with E-state index in [0.29, 0.717) is 17.1 Å². The highest BCUT2D eigenvalue weighted by Gasteiger charge is 2.79. The average molecular weight is 499 g/mol. The highest BCUT2D eigenvalue weighted by atomic mass is 32.2. The third-order valence-corrected chi connectivity index (χ3v) is 8.45. The normalized spacial score (nSPS) is 25.0. The topological polar surface area (TPSA) is 88.2 Å². The van der Waals surface area contributed by atoms with Crippen molar-refractivity contribution in [3.8, 4) is 0 Å². The number of aryl methyl sites for hydroxylation is 1. The third kappa shape index (κ3) is 3.72. The summed E-state index contributed by atoms with van der Waals surface area (Å²) in [6, 6.07) is 1.86. The lowest BCUT2D eigenvalue weighted by Crippen LogP contribution is -2.78. The summed E-state index contributed by atoms with van der Waals surface area (Å²) in [7, 11) is -4.36. The van der Waals surface area contributed by atoms with Crippen LogP contribution >= 0.6 is 11.3 Å². The molecule has 3 aliphatic rings. The summed E-state index contributed by atoms with van der Waals surface area (Å²) in [5.74, 6) is -0.965. The summed E-state index contributed by atoms with van der Waals surface area (Å²) >= 11 is 0.778. The Morgan fingerprint density at radius 1 is 1.12 bits per heavy atom. The molecule has 5 rings (SSSR count). The molecule has 0 atom stereocenters. The molecule has 6 nitrogen and oxygen atoms in total. The van der Waals surface area contributed by atoms with Crippen molar-refractivity contribution in [2.45, 2.75) is 48.3 Å². The number of aromatic nitrogens is 1. The molecule has 1 amide bonds. The first-order chi connectivity index (χ1) is 14.6. The highest BCUT2D eigenvalue weighted by molar-refractivity contribution is 7.94. The number of hydrogen-bond donors (Lipinski definition) is 2. The molecule has 3 aliphatic carbocycles. The number of nitrogens with zero attached hydrogens (tertiary/aromatic N) is 1.